The highest BCUT2D eigenvalue weighted by Gasteiger charge is 2.07. The van der Waals surface area contributed by atoms with Crippen LogP contribution >= 0.6 is 0 Å². The molecule has 1 unspecified atom stereocenters. The molecule has 1 atom stereocenters. The summed E-state index contributed by atoms with van der Waals surface area (Å²) >= 11 is 0. The summed E-state index contributed by atoms with van der Waals surface area (Å²) < 4.78 is 4.90. The molecule has 4 heteroatoms. The Bertz CT molecular complexity index is 282. The molecule has 0 bridgehead atoms. The van der Waals surface area contributed by atoms with E-state index >= 15 is 0 Å². The van der Waals surface area contributed by atoms with Crippen molar-refractivity contribution in [3.05, 3.63) is 24.4 Å². The Kier molecular flexibility index (Phi) is 3.29. The van der Waals surface area contributed by atoms with Crippen molar-refractivity contribution in [2.24, 2.45) is 0 Å². The first-order valence-corrected chi connectivity index (χ1v) is 5.11. The first-order valence-electron chi connectivity index (χ1n) is 5.11. The van der Waals surface area contributed by atoms with Crippen LogP contribution in [0.5, 0.6) is 0 Å². The minimum atomic E-state index is 0.534. The second kappa shape index (κ2) is 4.91. The predicted molar refractivity (Wildman–Crippen MR) is 52.8 cm³/mol. The van der Waals surface area contributed by atoms with Crippen molar-refractivity contribution in [1.82, 2.24) is 15.5 Å². The summed E-state index contributed by atoms with van der Waals surface area (Å²) in [4.78, 5) is 3.96. The zero-order chi connectivity index (χ0) is 9.64. The van der Waals surface area contributed by atoms with Crippen LogP contribution in [0.25, 0.3) is 0 Å². The second-order valence-electron chi connectivity index (χ2n) is 3.50. The van der Waals surface area contributed by atoms with Crippen LogP contribution in [-0.4, -0.2) is 22.7 Å². The van der Waals surface area contributed by atoms with Crippen LogP contribution in [0, 0.1) is 0 Å². The Morgan fingerprint density at radius 3 is 3.29 bits per heavy atom. The van der Waals surface area contributed by atoms with Gasteiger partial charge in [0.05, 0.1) is 0 Å². The fourth-order valence-electron chi connectivity index (χ4n) is 1.65. The van der Waals surface area contributed by atoms with Gasteiger partial charge in [-0.1, -0.05) is 17.3 Å². The van der Waals surface area contributed by atoms with Gasteiger partial charge in [-0.05, 0) is 19.3 Å². The molecule has 1 N–H and O–H groups in total. The zero-order valence-corrected chi connectivity index (χ0v) is 8.15. The maximum atomic E-state index is 4.90. The summed E-state index contributed by atoms with van der Waals surface area (Å²) in [5.74, 6) is 0.706. The molecule has 0 aliphatic heterocycles. The zero-order valence-electron chi connectivity index (χ0n) is 8.15. The molecule has 0 radical (unpaired) electrons. The number of allylic oxidation sites excluding steroid dienone is 1. The Balaban J connectivity index is 1.67. The van der Waals surface area contributed by atoms with E-state index in [0.717, 1.165) is 13.0 Å². The van der Waals surface area contributed by atoms with Crippen LogP contribution in [0.1, 0.15) is 25.2 Å². The monoisotopic (exact) mass is 193 g/mol. The predicted octanol–water partition coefficient (Wildman–Crippen LogP) is 1.31. The van der Waals surface area contributed by atoms with Crippen molar-refractivity contribution in [2.75, 3.05) is 6.54 Å². The van der Waals surface area contributed by atoms with E-state index in [2.05, 4.69) is 27.6 Å². The lowest BCUT2D eigenvalue weighted by Crippen LogP contribution is -2.30. The van der Waals surface area contributed by atoms with Crippen LogP contribution < -0.4 is 5.32 Å². The van der Waals surface area contributed by atoms with Crippen LogP contribution in [-0.2, 0) is 6.42 Å². The lowest BCUT2D eigenvalue weighted by atomic mass is 10.0. The molecule has 2 rings (SSSR count). The smallest absolute Gasteiger partial charge is 0.227 e. The Hall–Kier alpha value is -1.16. The van der Waals surface area contributed by atoms with E-state index in [1.54, 1.807) is 0 Å². The van der Waals surface area contributed by atoms with Crippen molar-refractivity contribution in [3.63, 3.8) is 0 Å². The summed E-state index contributed by atoms with van der Waals surface area (Å²) in [7, 11) is 0. The average Bonchev–Trinajstić information content (AvgIpc) is 2.72. The Morgan fingerprint density at radius 1 is 1.57 bits per heavy atom. The molecule has 1 aliphatic rings. The SMILES string of the molecule is C1=CC(NCCc2ncno2)CCC1. The maximum absolute atomic E-state index is 4.90. The number of nitrogens with zero attached hydrogens (tertiary/aromatic N) is 2. The molecule has 4 nitrogen and oxygen atoms in total. The summed E-state index contributed by atoms with van der Waals surface area (Å²) in [5.41, 5.74) is 0. The van der Waals surface area contributed by atoms with Crippen molar-refractivity contribution in [2.45, 2.75) is 31.7 Å². The van der Waals surface area contributed by atoms with Crippen LogP contribution in [0.15, 0.2) is 23.0 Å². The fraction of sp³-hybridized carbons (Fsp3) is 0.600. The topological polar surface area (TPSA) is 51.0 Å². The molecule has 76 valence electrons. The van der Waals surface area contributed by atoms with Gasteiger partial charge < -0.3 is 9.84 Å². The first kappa shape index (κ1) is 9.40. The lowest BCUT2D eigenvalue weighted by molar-refractivity contribution is 0.372. The fourth-order valence-corrected chi connectivity index (χ4v) is 1.65. The molecule has 0 saturated heterocycles. The quantitative estimate of drug-likeness (QED) is 0.732. The van der Waals surface area contributed by atoms with Gasteiger partial charge in [-0.25, -0.2) is 0 Å². The van der Waals surface area contributed by atoms with Crippen LogP contribution in [0.2, 0.25) is 0 Å². The molecule has 1 heterocycles. The molecule has 0 fully saturated rings. The van der Waals surface area contributed by atoms with E-state index in [1.165, 1.54) is 25.6 Å². The van der Waals surface area contributed by atoms with E-state index in [1.807, 2.05) is 0 Å². The molecule has 1 aromatic rings. The third kappa shape index (κ3) is 2.67. The molecule has 0 amide bonds. The maximum Gasteiger partial charge on any atom is 0.227 e. The largest absolute Gasteiger partial charge is 0.340 e. The highest BCUT2D eigenvalue weighted by Crippen LogP contribution is 2.09. The van der Waals surface area contributed by atoms with E-state index in [0.29, 0.717) is 11.9 Å². The van der Waals surface area contributed by atoms with E-state index < -0.39 is 0 Å². The molecular weight excluding hydrogens is 178 g/mol. The highest BCUT2D eigenvalue weighted by atomic mass is 16.5. The molecule has 0 aromatic carbocycles. The van der Waals surface area contributed by atoms with E-state index in [9.17, 15) is 0 Å². The Labute approximate surface area is 83.4 Å². The van der Waals surface area contributed by atoms with Crippen LogP contribution in [0.3, 0.4) is 0 Å². The molecule has 1 aromatic heterocycles. The standard InChI is InChI=1S/C10H15N3O/c1-2-4-9(5-3-1)11-7-6-10-12-8-13-14-10/h2,4,8-9,11H,1,3,5-7H2. The van der Waals surface area contributed by atoms with Crippen molar-refractivity contribution in [3.8, 4) is 0 Å². The summed E-state index contributed by atoms with van der Waals surface area (Å²) in [6, 6.07) is 0.534. The molecular formula is C10H15N3O. The number of hydrogen-bond acceptors (Lipinski definition) is 4. The molecule has 14 heavy (non-hydrogen) atoms. The summed E-state index contributed by atoms with van der Waals surface area (Å²) in [6.07, 6.45) is 10.5. The van der Waals surface area contributed by atoms with Gasteiger partial charge in [0.1, 0.15) is 0 Å². The van der Waals surface area contributed by atoms with Gasteiger partial charge in [0.2, 0.25) is 5.89 Å². The number of hydrogen-bond donors (Lipinski definition) is 1. The minimum Gasteiger partial charge on any atom is -0.340 e. The number of aromatic nitrogens is 2. The second-order valence-corrected chi connectivity index (χ2v) is 3.50. The van der Waals surface area contributed by atoms with Crippen molar-refractivity contribution >= 4 is 0 Å². The summed E-state index contributed by atoms with van der Waals surface area (Å²) in [5, 5.41) is 7.01. The first-order chi connectivity index (χ1) is 6.95. The van der Waals surface area contributed by atoms with Gasteiger partial charge in [-0.3, -0.25) is 0 Å². The third-order valence-corrected chi connectivity index (χ3v) is 2.41. The van der Waals surface area contributed by atoms with Gasteiger partial charge >= 0.3 is 0 Å². The van der Waals surface area contributed by atoms with Gasteiger partial charge in [0.15, 0.2) is 6.33 Å². The van der Waals surface area contributed by atoms with Gasteiger partial charge in [0.25, 0.3) is 0 Å². The number of rotatable bonds is 4. The average molecular weight is 193 g/mol. The minimum absolute atomic E-state index is 0.534. The van der Waals surface area contributed by atoms with Crippen molar-refractivity contribution in [1.29, 1.82) is 0 Å². The number of nitrogens with one attached hydrogen (secondary N) is 1. The molecule has 1 aliphatic carbocycles. The third-order valence-electron chi connectivity index (χ3n) is 2.41. The van der Waals surface area contributed by atoms with E-state index in [4.69, 9.17) is 4.52 Å². The van der Waals surface area contributed by atoms with Gasteiger partial charge in [-0.15, -0.1) is 0 Å². The summed E-state index contributed by atoms with van der Waals surface area (Å²) in [6.45, 7) is 0.900. The van der Waals surface area contributed by atoms with Crippen LogP contribution in [0.4, 0.5) is 0 Å². The van der Waals surface area contributed by atoms with Gasteiger partial charge in [-0.2, -0.15) is 4.98 Å². The molecule has 0 spiro atoms. The Morgan fingerprint density at radius 2 is 2.57 bits per heavy atom. The normalized spacial score (nSPS) is 21.3. The highest BCUT2D eigenvalue weighted by molar-refractivity contribution is 4.97. The van der Waals surface area contributed by atoms with E-state index in [-0.39, 0.29) is 0 Å². The van der Waals surface area contributed by atoms with Gasteiger partial charge in [0, 0.05) is 19.0 Å². The van der Waals surface area contributed by atoms with Crippen molar-refractivity contribution < 1.29 is 4.52 Å². The lowest BCUT2D eigenvalue weighted by Gasteiger charge is -2.17. The molecule has 0 saturated carbocycles.